The number of allylic oxidation sites excluding steroid dienone is 2. The van der Waals surface area contributed by atoms with Gasteiger partial charge in [0.1, 0.15) is 6.07 Å². The molecule has 0 saturated carbocycles. The lowest BCUT2D eigenvalue weighted by Gasteiger charge is -2.31. The summed E-state index contributed by atoms with van der Waals surface area (Å²) < 4.78 is 0. The Bertz CT molecular complexity index is 1630. The summed E-state index contributed by atoms with van der Waals surface area (Å²) in [5.41, 5.74) is 4.84. The standard InChI is InChI=1S/C33H30N6O2/c34-20-26-13-19-31(36-23-26)35-21-25-8-4-9-28(16-12-25)39(33(41)37-22-24-6-2-1-3-7-24)29-17-14-27(15-18-29)30-10-5-11-32(40)38-30/h1-3,5-8,10-11,13-15,17-19,21,23,28H,4,9,12,16,22H2,(H,37,41)(H,38,40)/b35-21-. The topological polar surface area (TPSA) is 114 Å². The zero-order chi connectivity index (χ0) is 28.4. The quantitative estimate of drug-likeness (QED) is 0.267. The SMILES string of the molecule is N#Cc1ccc(/N=C\C2=CCCC(N(C(=O)NCc3ccccc3)c3ccc(-c4cccc(=O)[nH]4)cc3)CC2)nc1. The van der Waals surface area contributed by atoms with Gasteiger partial charge in [0, 0.05) is 42.4 Å². The van der Waals surface area contributed by atoms with Gasteiger partial charge < -0.3 is 10.3 Å². The van der Waals surface area contributed by atoms with Gasteiger partial charge in [-0.2, -0.15) is 5.26 Å². The lowest BCUT2D eigenvalue weighted by Crippen LogP contribution is -2.46. The number of H-pyrrole nitrogens is 1. The normalized spacial score (nSPS) is 15.0. The van der Waals surface area contributed by atoms with Crippen LogP contribution in [0.1, 0.15) is 36.8 Å². The zero-order valence-electron chi connectivity index (χ0n) is 22.5. The average molecular weight is 543 g/mol. The number of nitrogens with one attached hydrogen (secondary N) is 2. The number of carbonyl (C=O) groups is 1. The van der Waals surface area contributed by atoms with Crippen LogP contribution in [0.2, 0.25) is 0 Å². The van der Waals surface area contributed by atoms with E-state index in [0.29, 0.717) is 17.9 Å². The number of aromatic amines is 1. The molecule has 1 unspecified atom stereocenters. The zero-order valence-corrected chi connectivity index (χ0v) is 22.5. The first-order valence-electron chi connectivity index (χ1n) is 13.6. The van der Waals surface area contributed by atoms with Crippen molar-refractivity contribution in [2.45, 2.75) is 38.3 Å². The van der Waals surface area contributed by atoms with Crippen LogP contribution in [0.5, 0.6) is 0 Å². The molecule has 2 aromatic heterocycles. The molecule has 1 aliphatic carbocycles. The minimum absolute atomic E-state index is 0.0247. The van der Waals surface area contributed by atoms with E-state index in [0.717, 1.165) is 53.8 Å². The first-order chi connectivity index (χ1) is 20.1. The van der Waals surface area contributed by atoms with E-state index < -0.39 is 0 Å². The maximum absolute atomic E-state index is 13.7. The molecule has 0 saturated heterocycles. The largest absolute Gasteiger partial charge is 0.334 e. The van der Waals surface area contributed by atoms with Gasteiger partial charge in [0.2, 0.25) is 5.56 Å². The number of pyridine rings is 2. The summed E-state index contributed by atoms with van der Waals surface area (Å²) in [6.45, 7) is 0.431. The van der Waals surface area contributed by atoms with Crippen molar-refractivity contribution >= 4 is 23.8 Å². The van der Waals surface area contributed by atoms with Gasteiger partial charge in [0.25, 0.3) is 0 Å². The Hall–Kier alpha value is -5.29. The van der Waals surface area contributed by atoms with Gasteiger partial charge in [-0.1, -0.05) is 54.6 Å². The van der Waals surface area contributed by atoms with Gasteiger partial charge in [-0.25, -0.2) is 14.8 Å². The molecular weight excluding hydrogens is 512 g/mol. The number of benzene rings is 2. The highest BCUT2D eigenvalue weighted by Gasteiger charge is 2.26. The number of carbonyl (C=O) groups excluding carboxylic acids is 1. The molecule has 4 aromatic rings. The third-order valence-electron chi connectivity index (χ3n) is 7.01. The molecule has 0 radical (unpaired) electrons. The lowest BCUT2D eigenvalue weighted by atomic mass is 10.0. The highest BCUT2D eigenvalue weighted by atomic mass is 16.2. The van der Waals surface area contributed by atoms with Crippen molar-refractivity contribution < 1.29 is 4.79 Å². The van der Waals surface area contributed by atoms with Crippen LogP contribution in [0.15, 0.2) is 113 Å². The molecule has 8 nitrogen and oxygen atoms in total. The van der Waals surface area contributed by atoms with Crippen LogP contribution < -0.4 is 15.8 Å². The summed E-state index contributed by atoms with van der Waals surface area (Å²) in [5, 5.41) is 12.1. The molecule has 0 spiro atoms. The van der Waals surface area contributed by atoms with Crippen LogP contribution in [0.4, 0.5) is 16.3 Å². The van der Waals surface area contributed by atoms with E-state index in [2.05, 4.69) is 32.4 Å². The van der Waals surface area contributed by atoms with E-state index >= 15 is 0 Å². The van der Waals surface area contributed by atoms with E-state index in [4.69, 9.17) is 5.26 Å². The number of aromatic nitrogens is 2. The third kappa shape index (κ3) is 7.22. The second-order valence-electron chi connectivity index (χ2n) is 9.81. The van der Waals surface area contributed by atoms with Gasteiger partial charge in [0.05, 0.1) is 5.56 Å². The summed E-state index contributed by atoms with van der Waals surface area (Å²) in [6, 6.07) is 27.9. The van der Waals surface area contributed by atoms with Crippen LogP contribution in [0.3, 0.4) is 0 Å². The number of hydrogen-bond acceptors (Lipinski definition) is 5. The van der Waals surface area contributed by atoms with Gasteiger partial charge in [-0.3, -0.25) is 9.69 Å². The van der Waals surface area contributed by atoms with Crippen molar-refractivity contribution in [2.75, 3.05) is 4.90 Å². The molecule has 0 bridgehead atoms. The van der Waals surface area contributed by atoms with Crippen LogP contribution in [0.25, 0.3) is 11.3 Å². The molecule has 2 heterocycles. The fourth-order valence-electron chi connectivity index (χ4n) is 4.86. The van der Waals surface area contributed by atoms with E-state index in [-0.39, 0.29) is 17.6 Å². The Morgan fingerprint density at radius 3 is 2.61 bits per heavy atom. The molecule has 1 atom stereocenters. The van der Waals surface area contributed by atoms with E-state index in [9.17, 15) is 9.59 Å². The van der Waals surface area contributed by atoms with Gasteiger partial charge >= 0.3 is 6.03 Å². The molecule has 204 valence electrons. The number of nitrogens with zero attached hydrogens (tertiary/aromatic N) is 4. The Morgan fingerprint density at radius 2 is 1.88 bits per heavy atom. The molecule has 1 aliphatic rings. The number of aliphatic imine (C=N–C) groups is 1. The number of hydrogen-bond donors (Lipinski definition) is 2. The summed E-state index contributed by atoms with van der Waals surface area (Å²) in [6.07, 6.45) is 8.64. The molecule has 8 heteroatoms. The number of anilines is 1. The fraction of sp³-hybridized carbons (Fsp3) is 0.182. The number of rotatable bonds is 7. The first kappa shape index (κ1) is 27.3. The fourth-order valence-corrected chi connectivity index (χ4v) is 4.86. The first-order valence-corrected chi connectivity index (χ1v) is 13.6. The number of nitriles is 1. The second kappa shape index (κ2) is 13.2. The van der Waals surface area contributed by atoms with E-state index in [1.807, 2.05) is 71.8 Å². The highest BCUT2D eigenvalue weighted by Crippen LogP contribution is 2.29. The predicted molar refractivity (Wildman–Crippen MR) is 161 cm³/mol. The van der Waals surface area contributed by atoms with Crippen molar-refractivity contribution in [2.24, 2.45) is 4.99 Å². The van der Waals surface area contributed by atoms with Crippen LogP contribution in [-0.2, 0) is 6.54 Å². The van der Waals surface area contributed by atoms with E-state index in [1.165, 1.54) is 12.3 Å². The van der Waals surface area contributed by atoms with Crippen molar-refractivity contribution in [3.05, 3.63) is 124 Å². The Kier molecular flexibility index (Phi) is 8.77. The molecule has 2 amide bonds. The van der Waals surface area contributed by atoms with Crippen molar-refractivity contribution in [3.8, 4) is 17.3 Å². The Morgan fingerprint density at radius 1 is 1.05 bits per heavy atom. The van der Waals surface area contributed by atoms with Gasteiger partial charge in [0.15, 0.2) is 5.82 Å². The van der Waals surface area contributed by atoms with Crippen LogP contribution in [-0.4, -0.2) is 28.3 Å². The monoisotopic (exact) mass is 542 g/mol. The third-order valence-corrected chi connectivity index (χ3v) is 7.01. The molecule has 0 aliphatic heterocycles. The Balaban J connectivity index is 1.33. The summed E-state index contributed by atoms with van der Waals surface area (Å²) in [4.78, 5) is 38.9. The lowest BCUT2D eigenvalue weighted by molar-refractivity contribution is 0.242. The predicted octanol–water partition coefficient (Wildman–Crippen LogP) is 6.30. The van der Waals surface area contributed by atoms with Crippen molar-refractivity contribution in [1.82, 2.24) is 15.3 Å². The molecule has 2 aromatic carbocycles. The second-order valence-corrected chi connectivity index (χ2v) is 9.81. The van der Waals surface area contributed by atoms with Crippen molar-refractivity contribution in [1.29, 1.82) is 5.26 Å². The molecule has 5 rings (SSSR count). The van der Waals surface area contributed by atoms with Crippen LogP contribution >= 0.6 is 0 Å². The molecule has 2 N–H and O–H groups in total. The minimum atomic E-state index is -0.159. The summed E-state index contributed by atoms with van der Waals surface area (Å²) in [5.74, 6) is 0.549. The average Bonchev–Trinajstić information content (AvgIpc) is 3.26. The van der Waals surface area contributed by atoms with Gasteiger partial charge in [-0.05, 0) is 72.7 Å². The van der Waals surface area contributed by atoms with Gasteiger partial charge in [-0.15, -0.1) is 0 Å². The summed E-state index contributed by atoms with van der Waals surface area (Å²) >= 11 is 0. The smallest absolute Gasteiger partial charge is 0.322 e. The number of urea groups is 1. The minimum Gasteiger partial charge on any atom is -0.334 e. The summed E-state index contributed by atoms with van der Waals surface area (Å²) in [7, 11) is 0. The molecule has 0 fully saturated rings. The maximum Gasteiger partial charge on any atom is 0.322 e. The maximum atomic E-state index is 13.7. The molecular formula is C33H30N6O2. The highest BCUT2D eigenvalue weighted by molar-refractivity contribution is 5.93. The molecule has 41 heavy (non-hydrogen) atoms. The number of amides is 2. The van der Waals surface area contributed by atoms with E-state index in [1.54, 1.807) is 18.2 Å². The van der Waals surface area contributed by atoms with Crippen LogP contribution in [0, 0.1) is 11.3 Å². The Labute approximate surface area is 238 Å². The van der Waals surface area contributed by atoms with Crippen molar-refractivity contribution in [3.63, 3.8) is 0 Å².